The molecule has 178 valence electrons. The Hall–Kier alpha value is -4.39. The van der Waals surface area contributed by atoms with Crippen molar-refractivity contribution in [1.29, 1.82) is 0 Å². The summed E-state index contributed by atoms with van der Waals surface area (Å²) in [6.45, 7) is 0.453. The first-order chi connectivity index (χ1) is 16.3. The number of nitrogens with zero attached hydrogens (tertiary/aromatic N) is 4. The summed E-state index contributed by atoms with van der Waals surface area (Å²) in [4.78, 5) is 52.7. The number of aromatic nitrogens is 4. The highest BCUT2D eigenvalue weighted by Crippen LogP contribution is 2.23. The summed E-state index contributed by atoms with van der Waals surface area (Å²) >= 11 is 0. The van der Waals surface area contributed by atoms with Crippen LogP contribution in [-0.4, -0.2) is 51.4 Å². The quantitative estimate of drug-likeness (QED) is 0.212. The van der Waals surface area contributed by atoms with Gasteiger partial charge < -0.3 is 21.9 Å². The maximum absolute atomic E-state index is 12.4. The number of rotatable bonds is 8. The van der Waals surface area contributed by atoms with E-state index in [0.717, 1.165) is 0 Å². The molecule has 34 heavy (non-hydrogen) atoms. The molecule has 13 heteroatoms. The lowest BCUT2D eigenvalue weighted by molar-refractivity contribution is -0.142. The van der Waals surface area contributed by atoms with Crippen molar-refractivity contribution in [2.24, 2.45) is 5.73 Å². The van der Waals surface area contributed by atoms with Gasteiger partial charge in [-0.05, 0) is 37.1 Å². The van der Waals surface area contributed by atoms with Crippen molar-refractivity contribution in [1.82, 2.24) is 30.8 Å². The number of nitrogens with two attached hydrogens (primary N) is 3. The normalized spacial score (nSPS) is 11.6. The first kappa shape index (κ1) is 24.3. The van der Waals surface area contributed by atoms with Crippen LogP contribution in [0.1, 0.15) is 40.4 Å². The SMILES string of the molecule is COC(=O)[C@@H](CCCN)c1ccc(C(=O)NNC(=O)Cc2cnc3nc(N)nc(N)c3n2)cc1. The molecule has 0 aliphatic rings. The van der Waals surface area contributed by atoms with Gasteiger partial charge in [-0.15, -0.1) is 0 Å². The summed E-state index contributed by atoms with van der Waals surface area (Å²) in [6.07, 6.45) is 2.38. The van der Waals surface area contributed by atoms with Gasteiger partial charge in [0, 0.05) is 5.56 Å². The fraction of sp³-hybridized carbons (Fsp3) is 0.286. The van der Waals surface area contributed by atoms with Crippen molar-refractivity contribution in [2.75, 3.05) is 25.1 Å². The van der Waals surface area contributed by atoms with E-state index in [0.29, 0.717) is 36.2 Å². The molecule has 1 atom stereocenters. The average Bonchev–Trinajstić information content (AvgIpc) is 2.83. The Morgan fingerprint density at radius 2 is 1.79 bits per heavy atom. The average molecular weight is 467 g/mol. The van der Waals surface area contributed by atoms with E-state index >= 15 is 0 Å². The molecule has 0 radical (unpaired) electrons. The van der Waals surface area contributed by atoms with Gasteiger partial charge in [-0.2, -0.15) is 9.97 Å². The van der Waals surface area contributed by atoms with Crippen LogP contribution in [0, 0.1) is 0 Å². The first-order valence-electron chi connectivity index (χ1n) is 10.3. The number of hydrazine groups is 1. The molecular weight excluding hydrogens is 442 g/mol. The van der Waals surface area contributed by atoms with E-state index in [1.165, 1.54) is 13.3 Å². The number of esters is 1. The van der Waals surface area contributed by atoms with Crippen LogP contribution in [0.15, 0.2) is 30.5 Å². The summed E-state index contributed by atoms with van der Waals surface area (Å²) in [6, 6.07) is 6.44. The van der Waals surface area contributed by atoms with Crippen LogP contribution in [0.2, 0.25) is 0 Å². The highest BCUT2D eigenvalue weighted by atomic mass is 16.5. The monoisotopic (exact) mass is 467 g/mol. The van der Waals surface area contributed by atoms with Gasteiger partial charge in [0.15, 0.2) is 17.0 Å². The van der Waals surface area contributed by atoms with Crippen LogP contribution < -0.4 is 28.1 Å². The molecule has 13 nitrogen and oxygen atoms in total. The Labute approximate surface area is 194 Å². The zero-order valence-corrected chi connectivity index (χ0v) is 18.4. The van der Waals surface area contributed by atoms with Gasteiger partial charge >= 0.3 is 5.97 Å². The molecule has 0 aliphatic heterocycles. The lowest BCUT2D eigenvalue weighted by atomic mass is 9.93. The molecule has 3 rings (SSSR count). The van der Waals surface area contributed by atoms with E-state index in [1.807, 2.05) is 0 Å². The summed E-state index contributed by atoms with van der Waals surface area (Å²) in [7, 11) is 1.32. The lowest BCUT2D eigenvalue weighted by Crippen LogP contribution is -2.42. The highest BCUT2D eigenvalue weighted by molar-refractivity contribution is 5.95. The van der Waals surface area contributed by atoms with Crippen molar-refractivity contribution in [3.05, 3.63) is 47.3 Å². The van der Waals surface area contributed by atoms with E-state index in [2.05, 4.69) is 30.8 Å². The predicted molar refractivity (Wildman–Crippen MR) is 123 cm³/mol. The molecule has 0 unspecified atom stereocenters. The number of fused-ring (bicyclic) bond motifs is 1. The number of carbonyl (C=O) groups excluding carboxylic acids is 3. The molecule has 1 aromatic carbocycles. The number of benzene rings is 1. The summed E-state index contributed by atoms with van der Waals surface area (Å²) in [5, 5.41) is 0. The van der Waals surface area contributed by atoms with E-state index in [9.17, 15) is 14.4 Å². The molecule has 2 amide bonds. The Balaban J connectivity index is 1.59. The predicted octanol–water partition coefficient (Wildman–Crippen LogP) is -0.417. The smallest absolute Gasteiger partial charge is 0.313 e. The van der Waals surface area contributed by atoms with Crippen molar-refractivity contribution in [2.45, 2.75) is 25.2 Å². The van der Waals surface area contributed by atoms with Gasteiger partial charge in [0.1, 0.15) is 0 Å². The van der Waals surface area contributed by atoms with Crippen molar-refractivity contribution in [3.63, 3.8) is 0 Å². The molecule has 8 N–H and O–H groups in total. The van der Waals surface area contributed by atoms with Crippen molar-refractivity contribution < 1.29 is 19.1 Å². The van der Waals surface area contributed by atoms with Crippen molar-refractivity contribution in [3.8, 4) is 0 Å². The highest BCUT2D eigenvalue weighted by Gasteiger charge is 2.21. The van der Waals surface area contributed by atoms with Crippen LogP contribution in [0.4, 0.5) is 11.8 Å². The summed E-state index contributed by atoms with van der Waals surface area (Å²) in [5.74, 6) is -1.88. The van der Waals surface area contributed by atoms with Crippen LogP contribution in [0.25, 0.3) is 11.2 Å². The minimum Gasteiger partial charge on any atom is -0.469 e. The zero-order valence-electron chi connectivity index (χ0n) is 18.4. The number of hydrogen-bond acceptors (Lipinski definition) is 11. The molecular formula is C21H25N9O4. The van der Waals surface area contributed by atoms with E-state index in [1.54, 1.807) is 24.3 Å². The number of hydrogen-bond donors (Lipinski definition) is 5. The number of methoxy groups -OCH3 is 1. The Morgan fingerprint density at radius 3 is 2.47 bits per heavy atom. The molecule has 0 saturated carbocycles. The maximum atomic E-state index is 12.4. The van der Waals surface area contributed by atoms with Gasteiger partial charge in [0.25, 0.3) is 5.91 Å². The zero-order chi connectivity index (χ0) is 24.7. The first-order valence-corrected chi connectivity index (χ1v) is 10.3. The van der Waals surface area contributed by atoms with Crippen LogP contribution in [0.3, 0.4) is 0 Å². The maximum Gasteiger partial charge on any atom is 0.313 e. The van der Waals surface area contributed by atoms with Crippen LogP contribution in [-0.2, 0) is 20.7 Å². The molecule has 0 bridgehead atoms. The van der Waals surface area contributed by atoms with Crippen molar-refractivity contribution >= 4 is 40.7 Å². The molecule has 2 aromatic heterocycles. The number of carbonyl (C=O) groups is 3. The van der Waals surface area contributed by atoms with Gasteiger partial charge in [0.2, 0.25) is 11.9 Å². The Morgan fingerprint density at radius 1 is 1.06 bits per heavy atom. The molecule has 3 aromatic rings. The fourth-order valence-electron chi connectivity index (χ4n) is 3.23. The number of nitrogens with one attached hydrogen (secondary N) is 2. The topological polar surface area (TPSA) is 214 Å². The molecule has 0 saturated heterocycles. The second-order valence-electron chi connectivity index (χ2n) is 7.31. The number of anilines is 2. The molecule has 0 fully saturated rings. The lowest BCUT2D eigenvalue weighted by Gasteiger charge is -2.15. The third kappa shape index (κ3) is 5.89. The number of amides is 2. The molecule has 2 heterocycles. The van der Waals surface area contributed by atoms with Gasteiger partial charge in [-0.25, -0.2) is 9.97 Å². The minimum atomic E-state index is -0.533. The van der Waals surface area contributed by atoms with Gasteiger partial charge in [0.05, 0.1) is 31.3 Å². The number of ether oxygens (including phenoxy) is 1. The Kier molecular flexibility index (Phi) is 7.82. The number of nitrogen functional groups attached to an aromatic ring is 2. The minimum absolute atomic E-state index is 0.0306. The van der Waals surface area contributed by atoms with Crippen LogP contribution in [0.5, 0.6) is 0 Å². The van der Waals surface area contributed by atoms with E-state index in [-0.39, 0.29) is 35.3 Å². The molecule has 0 aliphatic carbocycles. The summed E-state index contributed by atoms with van der Waals surface area (Å²) in [5.41, 5.74) is 23.2. The summed E-state index contributed by atoms with van der Waals surface area (Å²) < 4.78 is 4.86. The molecule has 0 spiro atoms. The van der Waals surface area contributed by atoms with Gasteiger partial charge in [-0.1, -0.05) is 12.1 Å². The second kappa shape index (κ2) is 11.0. The van der Waals surface area contributed by atoms with Gasteiger partial charge in [-0.3, -0.25) is 25.2 Å². The standard InChI is InChI=1S/C21H25N9O4/c1-34-20(33)14(3-2-8-22)11-4-6-12(7-5-11)19(32)30-29-15(31)9-13-10-25-18-16(26-13)17(23)27-21(24)28-18/h4-7,10,14H,2-3,8-9,22H2,1H3,(H,29,31)(H,30,32)(H4,23,24,25,27,28)/t14-/m0/s1. The van der Waals surface area contributed by atoms with Crippen LogP contribution >= 0.6 is 0 Å². The van der Waals surface area contributed by atoms with E-state index in [4.69, 9.17) is 21.9 Å². The largest absolute Gasteiger partial charge is 0.469 e. The fourth-order valence-corrected chi connectivity index (χ4v) is 3.23. The van der Waals surface area contributed by atoms with E-state index < -0.39 is 17.7 Å². The Bertz CT molecular complexity index is 1200. The second-order valence-corrected chi connectivity index (χ2v) is 7.31. The third-order valence-electron chi connectivity index (χ3n) is 4.92. The third-order valence-corrected chi connectivity index (χ3v) is 4.92.